The first kappa shape index (κ1) is 11.6. The maximum Gasteiger partial charge on any atom is 0.224 e. The van der Waals surface area contributed by atoms with Crippen LogP contribution in [0.25, 0.3) is 0 Å². The summed E-state index contributed by atoms with van der Waals surface area (Å²) >= 11 is 0. The summed E-state index contributed by atoms with van der Waals surface area (Å²) in [5.74, 6) is 0.210. The van der Waals surface area contributed by atoms with E-state index in [2.05, 4.69) is 16.7 Å². The Bertz CT molecular complexity index is 267. The van der Waals surface area contributed by atoms with Gasteiger partial charge in [0, 0.05) is 19.0 Å². The van der Waals surface area contributed by atoms with E-state index in [4.69, 9.17) is 0 Å². The lowest BCUT2D eigenvalue weighted by Crippen LogP contribution is -2.45. The van der Waals surface area contributed by atoms with Gasteiger partial charge in [-0.25, -0.2) is 0 Å². The Labute approximate surface area is 97.7 Å². The van der Waals surface area contributed by atoms with Crippen LogP contribution in [0.4, 0.5) is 0 Å². The fourth-order valence-corrected chi connectivity index (χ4v) is 2.53. The first-order chi connectivity index (χ1) is 7.84. The van der Waals surface area contributed by atoms with Crippen molar-refractivity contribution >= 4 is 5.91 Å². The SMILES string of the molecule is O=C(CC1=CCCCC1)NC1CCCNC1. The zero-order valence-corrected chi connectivity index (χ0v) is 9.93. The topological polar surface area (TPSA) is 41.1 Å². The van der Waals surface area contributed by atoms with Gasteiger partial charge >= 0.3 is 0 Å². The summed E-state index contributed by atoms with van der Waals surface area (Å²) in [7, 11) is 0. The summed E-state index contributed by atoms with van der Waals surface area (Å²) in [5.41, 5.74) is 1.34. The van der Waals surface area contributed by atoms with Crippen molar-refractivity contribution in [2.24, 2.45) is 0 Å². The van der Waals surface area contributed by atoms with Crippen molar-refractivity contribution in [2.45, 2.75) is 51.0 Å². The third-order valence-corrected chi connectivity index (χ3v) is 3.43. The lowest BCUT2D eigenvalue weighted by Gasteiger charge is -2.24. The molecule has 0 aromatic carbocycles. The average molecular weight is 222 g/mol. The highest BCUT2D eigenvalue weighted by atomic mass is 16.1. The van der Waals surface area contributed by atoms with Crippen molar-refractivity contribution in [3.8, 4) is 0 Å². The van der Waals surface area contributed by atoms with Crippen molar-refractivity contribution < 1.29 is 4.79 Å². The molecule has 16 heavy (non-hydrogen) atoms. The van der Waals surface area contributed by atoms with Gasteiger partial charge in [-0.1, -0.05) is 11.6 Å². The number of hydrogen-bond acceptors (Lipinski definition) is 2. The first-order valence-electron chi connectivity index (χ1n) is 6.52. The highest BCUT2D eigenvalue weighted by Gasteiger charge is 2.16. The molecule has 1 unspecified atom stereocenters. The van der Waals surface area contributed by atoms with Crippen molar-refractivity contribution in [3.63, 3.8) is 0 Å². The minimum atomic E-state index is 0.210. The van der Waals surface area contributed by atoms with E-state index < -0.39 is 0 Å². The molecule has 1 aliphatic carbocycles. The van der Waals surface area contributed by atoms with Gasteiger partial charge in [0.15, 0.2) is 0 Å². The van der Waals surface area contributed by atoms with Gasteiger partial charge in [-0.15, -0.1) is 0 Å². The molecule has 0 aromatic rings. The number of allylic oxidation sites excluding steroid dienone is 1. The molecule has 3 nitrogen and oxygen atoms in total. The molecule has 2 rings (SSSR count). The Morgan fingerprint density at radius 3 is 3.06 bits per heavy atom. The third kappa shape index (κ3) is 3.63. The van der Waals surface area contributed by atoms with Crippen LogP contribution in [0.15, 0.2) is 11.6 Å². The van der Waals surface area contributed by atoms with E-state index in [0.717, 1.165) is 32.4 Å². The van der Waals surface area contributed by atoms with Crippen LogP contribution >= 0.6 is 0 Å². The van der Waals surface area contributed by atoms with Crippen molar-refractivity contribution in [2.75, 3.05) is 13.1 Å². The number of piperidine rings is 1. The summed E-state index contributed by atoms with van der Waals surface area (Å²) in [6, 6.07) is 0.352. The van der Waals surface area contributed by atoms with E-state index in [-0.39, 0.29) is 5.91 Å². The van der Waals surface area contributed by atoms with Gasteiger partial charge in [-0.05, 0) is 45.1 Å². The molecule has 1 aliphatic heterocycles. The molecule has 0 radical (unpaired) electrons. The van der Waals surface area contributed by atoms with Crippen LogP contribution in [0, 0.1) is 0 Å². The Balaban J connectivity index is 1.72. The molecule has 3 heteroatoms. The molecule has 1 atom stereocenters. The minimum absolute atomic E-state index is 0.210. The second-order valence-corrected chi connectivity index (χ2v) is 4.90. The molecule has 0 bridgehead atoms. The van der Waals surface area contributed by atoms with E-state index in [9.17, 15) is 4.79 Å². The molecular formula is C13H22N2O. The van der Waals surface area contributed by atoms with E-state index in [1.165, 1.54) is 24.8 Å². The summed E-state index contributed by atoms with van der Waals surface area (Å²) in [6.07, 6.45) is 10.00. The molecule has 2 N–H and O–H groups in total. The Morgan fingerprint density at radius 2 is 2.38 bits per heavy atom. The van der Waals surface area contributed by atoms with E-state index in [1.807, 2.05) is 0 Å². The quantitative estimate of drug-likeness (QED) is 0.714. The second kappa shape index (κ2) is 6.04. The largest absolute Gasteiger partial charge is 0.352 e. The van der Waals surface area contributed by atoms with Gasteiger partial charge in [-0.2, -0.15) is 0 Å². The molecule has 1 amide bonds. The lowest BCUT2D eigenvalue weighted by molar-refractivity contribution is -0.121. The number of rotatable bonds is 3. The molecule has 90 valence electrons. The van der Waals surface area contributed by atoms with Crippen LogP contribution in [0.3, 0.4) is 0 Å². The van der Waals surface area contributed by atoms with E-state index in [1.54, 1.807) is 0 Å². The fraction of sp³-hybridized carbons (Fsp3) is 0.769. The summed E-state index contributed by atoms with van der Waals surface area (Å²) in [6.45, 7) is 2.03. The molecule has 2 aliphatic rings. The molecule has 1 saturated heterocycles. The standard InChI is InChI=1S/C13H22N2O/c16-13(9-11-5-2-1-3-6-11)15-12-7-4-8-14-10-12/h5,12,14H,1-4,6-10H2,(H,15,16). The highest BCUT2D eigenvalue weighted by Crippen LogP contribution is 2.19. The summed E-state index contributed by atoms with van der Waals surface area (Å²) in [4.78, 5) is 11.8. The maximum absolute atomic E-state index is 11.8. The Kier molecular flexibility index (Phi) is 4.40. The third-order valence-electron chi connectivity index (χ3n) is 3.43. The Hall–Kier alpha value is -0.830. The van der Waals surface area contributed by atoms with Crippen LogP contribution in [-0.4, -0.2) is 25.0 Å². The van der Waals surface area contributed by atoms with Gasteiger partial charge in [0.2, 0.25) is 5.91 Å². The van der Waals surface area contributed by atoms with Crippen LogP contribution in [-0.2, 0) is 4.79 Å². The van der Waals surface area contributed by atoms with Crippen LogP contribution in [0.5, 0.6) is 0 Å². The monoisotopic (exact) mass is 222 g/mol. The predicted molar refractivity (Wildman–Crippen MR) is 65.2 cm³/mol. The second-order valence-electron chi connectivity index (χ2n) is 4.90. The maximum atomic E-state index is 11.8. The lowest BCUT2D eigenvalue weighted by atomic mass is 9.97. The molecule has 1 heterocycles. The number of carbonyl (C=O) groups excluding carboxylic acids is 1. The number of carbonyl (C=O) groups is 1. The zero-order valence-electron chi connectivity index (χ0n) is 9.93. The summed E-state index contributed by atoms with van der Waals surface area (Å²) < 4.78 is 0. The van der Waals surface area contributed by atoms with Crippen LogP contribution in [0.2, 0.25) is 0 Å². The highest BCUT2D eigenvalue weighted by molar-refractivity contribution is 5.78. The van der Waals surface area contributed by atoms with Gasteiger partial charge in [-0.3, -0.25) is 4.79 Å². The molecule has 1 fully saturated rings. The predicted octanol–water partition coefficient (Wildman–Crippen LogP) is 1.75. The van der Waals surface area contributed by atoms with Crippen molar-refractivity contribution in [3.05, 3.63) is 11.6 Å². The van der Waals surface area contributed by atoms with Gasteiger partial charge in [0.05, 0.1) is 0 Å². The van der Waals surface area contributed by atoms with E-state index >= 15 is 0 Å². The summed E-state index contributed by atoms with van der Waals surface area (Å²) in [5, 5.41) is 6.44. The molecular weight excluding hydrogens is 200 g/mol. The fourth-order valence-electron chi connectivity index (χ4n) is 2.53. The van der Waals surface area contributed by atoms with Crippen LogP contribution < -0.4 is 10.6 Å². The normalized spacial score (nSPS) is 26.0. The van der Waals surface area contributed by atoms with Crippen molar-refractivity contribution in [1.29, 1.82) is 0 Å². The molecule has 0 spiro atoms. The van der Waals surface area contributed by atoms with Crippen LogP contribution in [0.1, 0.15) is 44.9 Å². The Morgan fingerprint density at radius 1 is 1.44 bits per heavy atom. The van der Waals surface area contributed by atoms with Gasteiger partial charge in [0.25, 0.3) is 0 Å². The first-order valence-corrected chi connectivity index (χ1v) is 6.52. The average Bonchev–Trinajstić information content (AvgIpc) is 2.31. The smallest absolute Gasteiger partial charge is 0.224 e. The number of hydrogen-bond donors (Lipinski definition) is 2. The number of amides is 1. The van der Waals surface area contributed by atoms with Crippen molar-refractivity contribution in [1.82, 2.24) is 10.6 Å². The molecule has 0 aromatic heterocycles. The number of nitrogens with one attached hydrogen (secondary N) is 2. The van der Waals surface area contributed by atoms with Gasteiger partial charge in [0.1, 0.15) is 0 Å². The zero-order chi connectivity index (χ0) is 11.2. The van der Waals surface area contributed by atoms with E-state index in [0.29, 0.717) is 12.5 Å². The molecule has 0 saturated carbocycles. The van der Waals surface area contributed by atoms with Gasteiger partial charge < -0.3 is 10.6 Å². The minimum Gasteiger partial charge on any atom is -0.352 e.